The van der Waals surface area contributed by atoms with Crippen molar-refractivity contribution in [2.45, 2.75) is 13.8 Å². The van der Waals surface area contributed by atoms with E-state index in [4.69, 9.17) is 5.11 Å². The van der Waals surface area contributed by atoms with E-state index in [1.165, 1.54) is 11.3 Å². The maximum Gasteiger partial charge on any atom is 0.335 e. The first kappa shape index (κ1) is 18.4. The quantitative estimate of drug-likeness (QED) is 0.772. The predicted molar refractivity (Wildman–Crippen MR) is 97.3 cm³/mol. The van der Waals surface area contributed by atoms with Crippen LogP contribution in [0, 0.1) is 0 Å². The van der Waals surface area contributed by atoms with Crippen molar-refractivity contribution in [1.29, 1.82) is 0 Å². The zero-order chi connectivity index (χ0) is 18.4. The lowest BCUT2D eigenvalue weighted by molar-refractivity contribution is -0.115. The molecule has 2 N–H and O–H groups in total. The van der Waals surface area contributed by atoms with Crippen LogP contribution < -0.4 is 5.32 Å². The summed E-state index contributed by atoms with van der Waals surface area (Å²) in [5, 5.41) is 13.6. The molecule has 0 radical (unpaired) electrons. The van der Waals surface area contributed by atoms with Crippen LogP contribution in [0.15, 0.2) is 41.4 Å². The van der Waals surface area contributed by atoms with Crippen LogP contribution in [-0.4, -0.2) is 35.0 Å². The van der Waals surface area contributed by atoms with Crippen LogP contribution in [0.25, 0.3) is 17.2 Å². The van der Waals surface area contributed by atoms with Gasteiger partial charge in [-0.1, -0.05) is 12.1 Å². The fraction of sp³-hybridized carbons (Fsp3) is 0.167. The third kappa shape index (κ3) is 4.77. The first-order valence-corrected chi connectivity index (χ1v) is 8.46. The van der Waals surface area contributed by atoms with Gasteiger partial charge in [0.2, 0.25) is 6.41 Å². The number of hydrogen-bond donors (Lipinski definition) is 2. The number of nitrogens with one attached hydrogen (secondary N) is 1. The van der Waals surface area contributed by atoms with E-state index in [1.807, 2.05) is 17.5 Å². The minimum absolute atomic E-state index is 0.234. The number of carboxylic acid groups (broad SMARTS) is 1. The third-order valence-electron chi connectivity index (χ3n) is 3.45. The highest BCUT2D eigenvalue weighted by atomic mass is 32.1. The molecule has 1 aromatic carbocycles. The number of hydrogen-bond acceptors (Lipinski definition) is 4. The second-order valence-corrected chi connectivity index (χ2v) is 6.22. The molecule has 1 aromatic heterocycles. The van der Waals surface area contributed by atoms with Gasteiger partial charge in [-0.05, 0) is 54.6 Å². The molecule has 6 nitrogen and oxygen atoms in total. The number of allylic oxidation sites excluding steroid dienone is 1. The Morgan fingerprint density at radius 2 is 2.04 bits per heavy atom. The number of urea groups is 1. The standard InChI is InChI=1S/C18H18N2O4S/c1-3-20(11-21)18(24)19-12(2)7-16-9-15(10-25-16)13-5-4-6-14(8-13)17(22)23/h4-11H,3H2,1-2H3,(H,19,24)(H,22,23)/b12-7-. The van der Waals surface area contributed by atoms with Gasteiger partial charge in [0.1, 0.15) is 0 Å². The first-order chi connectivity index (χ1) is 11.9. The fourth-order valence-corrected chi connectivity index (χ4v) is 3.07. The molecule has 0 bridgehead atoms. The van der Waals surface area contributed by atoms with Crippen molar-refractivity contribution in [3.8, 4) is 11.1 Å². The topological polar surface area (TPSA) is 86.7 Å². The molecule has 2 aromatic rings. The predicted octanol–water partition coefficient (Wildman–Crippen LogP) is 3.66. The number of benzene rings is 1. The molecule has 130 valence electrons. The molecular formula is C18H18N2O4S. The highest BCUT2D eigenvalue weighted by Gasteiger charge is 2.10. The average molecular weight is 358 g/mol. The number of carboxylic acids is 1. The number of carbonyl (C=O) groups excluding carboxylic acids is 2. The number of thiophene rings is 1. The first-order valence-electron chi connectivity index (χ1n) is 7.58. The summed E-state index contributed by atoms with van der Waals surface area (Å²) in [7, 11) is 0. The molecule has 0 aliphatic heterocycles. The Morgan fingerprint density at radius 3 is 2.68 bits per heavy atom. The Labute approximate surface area is 149 Å². The molecule has 0 aliphatic rings. The monoisotopic (exact) mass is 358 g/mol. The van der Waals surface area contributed by atoms with Gasteiger partial charge < -0.3 is 10.4 Å². The Hall–Kier alpha value is -2.93. The molecule has 0 saturated heterocycles. The number of aromatic carboxylic acids is 1. The van der Waals surface area contributed by atoms with Gasteiger partial charge in [-0.3, -0.25) is 9.69 Å². The van der Waals surface area contributed by atoms with Crippen LogP contribution in [0.1, 0.15) is 29.1 Å². The van der Waals surface area contributed by atoms with Gasteiger partial charge in [0.25, 0.3) is 0 Å². The van der Waals surface area contributed by atoms with E-state index in [0.29, 0.717) is 18.7 Å². The maximum absolute atomic E-state index is 11.8. The van der Waals surface area contributed by atoms with Crippen molar-refractivity contribution in [2.75, 3.05) is 6.54 Å². The van der Waals surface area contributed by atoms with Crippen LogP contribution in [0.4, 0.5) is 4.79 Å². The smallest absolute Gasteiger partial charge is 0.335 e. The molecule has 0 fully saturated rings. The van der Waals surface area contributed by atoms with E-state index in [0.717, 1.165) is 20.9 Å². The Balaban J connectivity index is 2.15. The highest BCUT2D eigenvalue weighted by Crippen LogP contribution is 2.27. The van der Waals surface area contributed by atoms with Gasteiger partial charge in [-0.15, -0.1) is 11.3 Å². The van der Waals surface area contributed by atoms with Crippen molar-refractivity contribution >= 4 is 35.8 Å². The van der Waals surface area contributed by atoms with Crippen molar-refractivity contribution in [1.82, 2.24) is 10.2 Å². The van der Waals surface area contributed by atoms with Gasteiger partial charge in [0, 0.05) is 17.1 Å². The maximum atomic E-state index is 11.8. The van der Waals surface area contributed by atoms with Crippen LogP contribution in [0.3, 0.4) is 0 Å². The third-order valence-corrected chi connectivity index (χ3v) is 4.33. The van der Waals surface area contributed by atoms with Crippen molar-refractivity contribution in [2.24, 2.45) is 0 Å². The largest absolute Gasteiger partial charge is 0.478 e. The Morgan fingerprint density at radius 1 is 1.28 bits per heavy atom. The molecule has 0 saturated carbocycles. The summed E-state index contributed by atoms with van der Waals surface area (Å²) in [6, 6.07) is 8.16. The lowest BCUT2D eigenvalue weighted by Gasteiger charge is -2.13. The summed E-state index contributed by atoms with van der Waals surface area (Å²) in [4.78, 5) is 35.6. The second kappa shape index (κ2) is 8.25. The van der Waals surface area contributed by atoms with Crippen LogP contribution >= 0.6 is 11.3 Å². The van der Waals surface area contributed by atoms with E-state index in [-0.39, 0.29) is 5.56 Å². The van der Waals surface area contributed by atoms with Gasteiger partial charge >= 0.3 is 12.0 Å². The molecule has 0 aliphatic carbocycles. The van der Waals surface area contributed by atoms with Gasteiger partial charge in [0.15, 0.2) is 0 Å². The van der Waals surface area contributed by atoms with E-state index < -0.39 is 12.0 Å². The average Bonchev–Trinajstić information content (AvgIpc) is 3.04. The summed E-state index contributed by atoms with van der Waals surface area (Å²) < 4.78 is 0. The number of nitrogens with zero attached hydrogens (tertiary/aromatic N) is 1. The highest BCUT2D eigenvalue weighted by molar-refractivity contribution is 7.11. The summed E-state index contributed by atoms with van der Waals surface area (Å²) in [5.74, 6) is -0.966. The summed E-state index contributed by atoms with van der Waals surface area (Å²) >= 11 is 1.48. The number of imide groups is 1. The van der Waals surface area contributed by atoms with Gasteiger partial charge in [-0.2, -0.15) is 0 Å². The summed E-state index contributed by atoms with van der Waals surface area (Å²) in [6.45, 7) is 3.75. The van der Waals surface area contributed by atoms with E-state index in [1.54, 1.807) is 38.1 Å². The molecule has 0 spiro atoms. The molecule has 0 atom stereocenters. The minimum atomic E-state index is -0.966. The fourth-order valence-electron chi connectivity index (χ4n) is 2.17. The molecule has 0 unspecified atom stereocenters. The molecular weight excluding hydrogens is 340 g/mol. The van der Waals surface area contributed by atoms with E-state index in [2.05, 4.69) is 5.32 Å². The SMILES string of the molecule is CCN(C=O)C(=O)N/C(C)=C\c1cc(-c2cccc(C(=O)O)c2)cs1. The Kier molecular flexibility index (Phi) is 6.08. The van der Waals surface area contributed by atoms with Crippen molar-refractivity contribution in [3.63, 3.8) is 0 Å². The van der Waals surface area contributed by atoms with E-state index >= 15 is 0 Å². The normalized spacial score (nSPS) is 11.0. The lowest BCUT2D eigenvalue weighted by atomic mass is 10.1. The van der Waals surface area contributed by atoms with Gasteiger partial charge in [0.05, 0.1) is 5.56 Å². The lowest BCUT2D eigenvalue weighted by Crippen LogP contribution is -2.37. The van der Waals surface area contributed by atoms with E-state index in [9.17, 15) is 14.4 Å². The molecule has 7 heteroatoms. The molecule has 25 heavy (non-hydrogen) atoms. The van der Waals surface area contributed by atoms with Crippen LogP contribution in [-0.2, 0) is 4.79 Å². The zero-order valence-electron chi connectivity index (χ0n) is 13.9. The second-order valence-electron chi connectivity index (χ2n) is 5.27. The number of rotatable bonds is 6. The molecule has 2 rings (SSSR count). The van der Waals surface area contributed by atoms with Crippen LogP contribution in [0.2, 0.25) is 0 Å². The number of carbonyl (C=O) groups is 3. The minimum Gasteiger partial charge on any atom is -0.478 e. The zero-order valence-corrected chi connectivity index (χ0v) is 14.7. The Bertz CT molecular complexity index is 826. The summed E-state index contributed by atoms with van der Waals surface area (Å²) in [6.07, 6.45) is 2.28. The van der Waals surface area contributed by atoms with Crippen molar-refractivity contribution < 1.29 is 19.5 Å². The number of amides is 3. The molecule has 3 amide bonds. The van der Waals surface area contributed by atoms with Gasteiger partial charge in [-0.25, -0.2) is 9.59 Å². The van der Waals surface area contributed by atoms with Crippen molar-refractivity contribution in [3.05, 3.63) is 51.8 Å². The van der Waals surface area contributed by atoms with Crippen LogP contribution in [0.5, 0.6) is 0 Å². The summed E-state index contributed by atoms with van der Waals surface area (Å²) in [5.41, 5.74) is 2.56. The molecule has 1 heterocycles.